The average molecular weight is 304 g/mol. The molecule has 1 fully saturated rings. The molecule has 0 amide bonds. The lowest BCUT2D eigenvalue weighted by molar-refractivity contribution is 0.279. The average Bonchev–Trinajstić information content (AvgIpc) is 3.05. The van der Waals surface area contributed by atoms with E-state index >= 15 is 0 Å². The Morgan fingerprint density at radius 2 is 1.70 bits per heavy atom. The highest BCUT2D eigenvalue weighted by atomic mass is 16.5. The highest BCUT2D eigenvalue weighted by molar-refractivity contribution is 5.56. The summed E-state index contributed by atoms with van der Waals surface area (Å²) in [6, 6.07) is 23.4. The largest absolute Gasteiger partial charge is 0.356 e. The lowest BCUT2D eigenvalue weighted by Crippen LogP contribution is -2.41. The Morgan fingerprint density at radius 1 is 0.957 bits per heavy atom. The van der Waals surface area contributed by atoms with Gasteiger partial charge in [-0.3, -0.25) is 0 Å². The zero-order chi connectivity index (χ0) is 15.5. The summed E-state index contributed by atoms with van der Waals surface area (Å²) in [5, 5.41) is 7.81. The van der Waals surface area contributed by atoms with Gasteiger partial charge in [0, 0.05) is 24.2 Å². The lowest BCUT2D eigenvalue weighted by atomic mass is 9.75. The van der Waals surface area contributed by atoms with Crippen molar-refractivity contribution in [3.05, 3.63) is 78.0 Å². The van der Waals surface area contributed by atoms with Crippen LogP contribution in [0.5, 0.6) is 0 Å². The molecule has 1 aliphatic carbocycles. The standard InChI is InChI=1S/C20H20N2O/c1-3-7-15(8-4-1)18-11-12-19(18)21-14-17-13-20(23-22-17)16-9-5-2-6-10-16/h1-10,13,18-19,21H,11-12,14H2. The van der Waals surface area contributed by atoms with E-state index in [4.69, 9.17) is 4.52 Å². The van der Waals surface area contributed by atoms with Gasteiger partial charge in [0.25, 0.3) is 0 Å². The Kier molecular flexibility index (Phi) is 3.95. The molecule has 0 radical (unpaired) electrons. The minimum atomic E-state index is 0.536. The fourth-order valence-electron chi connectivity index (χ4n) is 3.21. The summed E-state index contributed by atoms with van der Waals surface area (Å²) in [7, 11) is 0. The van der Waals surface area contributed by atoms with Crippen molar-refractivity contribution in [3.8, 4) is 11.3 Å². The van der Waals surface area contributed by atoms with E-state index in [9.17, 15) is 0 Å². The van der Waals surface area contributed by atoms with Gasteiger partial charge in [-0.15, -0.1) is 0 Å². The van der Waals surface area contributed by atoms with Crippen molar-refractivity contribution in [1.82, 2.24) is 10.5 Å². The second-order valence-corrected chi connectivity index (χ2v) is 6.13. The normalized spacial score (nSPS) is 20.2. The summed E-state index contributed by atoms with van der Waals surface area (Å²) >= 11 is 0. The molecule has 2 unspecified atom stereocenters. The van der Waals surface area contributed by atoms with Gasteiger partial charge in [0.15, 0.2) is 5.76 Å². The van der Waals surface area contributed by atoms with Crippen molar-refractivity contribution in [2.24, 2.45) is 0 Å². The number of benzene rings is 2. The van der Waals surface area contributed by atoms with Gasteiger partial charge in [-0.1, -0.05) is 65.8 Å². The van der Waals surface area contributed by atoms with Crippen LogP contribution in [0.3, 0.4) is 0 Å². The minimum absolute atomic E-state index is 0.536. The Labute approximate surface area is 136 Å². The highest BCUT2D eigenvalue weighted by Crippen LogP contribution is 2.36. The van der Waals surface area contributed by atoms with Gasteiger partial charge in [-0.2, -0.15) is 0 Å². The number of nitrogens with zero attached hydrogens (tertiary/aromatic N) is 1. The Bertz CT molecular complexity index is 752. The number of rotatable bonds is 5. The van der Waals surface area contributed by atoms with E-state index in [0.29, 0.717) is 12.0 Å². The second-order valence-electron chi connectivity index (χ2n) is 6.13. The maximum Gasteiger partial charge on any atom is 0.167 e. The van der Waals surface area contributed by atoms with Crippen LogP contribution in [0.2, 0.25) is 0 Å². The minimum Gasteiger partial charge on any atom is -0.356 e. The lowest BCUT2D eigenvalue weighted by Gasteiger charge is -2.37. The Morgan fingerprint density at radius 3 is 2.39 bits per heavy atom. The van der Waals surface area contributed by atoms with Crippen LogP contribution in [-0.2, 0) is 6.54 Å². The van der Waals surface area contributed by atoms with Crippen LogP contribution in [0.15, 0.2) is 71.3 Å². The fourth-order valence-corrected chi connectivity index (χ4v) is 3.21. The van der Waals surface area contributed by atoms with Crippen molar-refractivity contribution in [2.75, 3.05) is 0 Å². The topological polar surface area (TPSA) is 38.1 Å². The third-order valence-electron chi connectivity index (χ3n) is 4.66. The van der Waals surface area contributed by atoms with Crippen LogP contribution in [-0.4, -0.2) is 11.2 Å². The van der Waals surface area contributed by atoms with Crippen molar-refractivity contribution in [2.45, 2.75) is 31.3 Å². The molecule has 3 aromatic rings. The van der Waals surface area contributed by atoms with E-state index in [1.165, 1.54) is 18.4 Å². The van der Waals surface area contributed by atoms with Gasteiger partial charge in [0.2, 0.25) is 0 Å². The zero-order valence-corrected chi connectivity index (χ0v) is 13.0. The number of aromatic nitrogens is 1. The molecule has 116 valence electrons. The first kappa shape index (κ1) is 14.2. The quantitative estimate of drug-likeness (QED) is 0.760. The summed E-state index contributed by atoms with van der Waals surface area (Å²) in [5.74, 6) is 1.45. The van der Waals surface area contributed by atoms with Gasteiger partial charge >= 0.3 is 0 Å². The third kappa shape index (κ3) is 3.06. The van der Waals surface area contributed by atoms with E-state index in [1.807, 2.05) is 36.4 Å². The molecule has 1 heterocycles. The van der Waals surface area contributed by atoms with Gasteiger partial charge in [-0.25, -0.2) is 0 Å². The van der Waals surface area contributed by atoms with E-state index in [2.05, 4.69) is 40.8 Å². The van der Waals surface area contributed by atoms with E-state index in [-0.39, 0.29) is 0 Å². The first-order chi connectivity index (χ1) is 11.4. The summed E-state index contributed by atoms with van der Waals surface area (Å²) in [5.41, 5.74) is 3.46. The van der Waals surface area contributed by atoms with E-state index < -0.39 is 0 Å². The van der Waals surface area contributed by atoms with Crippen molar-refractivity contribution >= 4 is 0 Å². The molecular weight excluding hydrogens is 284 g/mol. The van der Waals surface area contributed by atoms with Crippen LogP contribution in [0.25, 0.3) is 11.3 Å². The van der Waals surface area contributed by atoms with E-state index in [1.54, 1.807) is 0 Å². The molecule has 0 aliphatic heterocycles. The molecule has 1 N–H and O–H groups in total. The molecular formula is C20H20N2O. The molecule has 2 aromatic carbocycles. The molecule has 4 rings (SSSR count). The van der Waals surface area contributed by atoms with Crippen molar-refractivity contribution < 1.29 is 4.52 Å². The molecule has 1 saturated carbocycles. The molecule has 2 atom stereocenters. The molecule has 1 aromatic heterocycles. The zero-order valence-electron chi connectivity index (χ0n) is 13.0. The summed E-state index contributed by atoms with van der Waals surface area (Å²) in [4.78, 5) is 0. The third-order valence-corrected chi connectivity index (χ3v) is 4.66. The number of nitrogens with one attached hydrogen (secondary N) is 1. The molecule has 0 saturated heterocycles. The Hall–Kier alpha value is -2.39. The van der Waals surface area contributed by atoms with Crippen molar-refractivity contribution in [3.63, 3.8) is 0 Å². The molecule has 0 bridgehead atoms. The van der Waals surface area contributed by atoms with Gasteiger partial charge < -0.3 is 9.84 Å². The SMILES string of the molecule is c1ccc(-c2cc(CNC3CCC3c3ccccc3)no2)cc1. The Balaban J connectivity index is 1.38. The monoisotopic (exact) mass is 304 g/mol. The molecule has 3 nitrogen and oxygen atoms in total. The van der Waals surface area contributed by atoms with Crippen LogP contribution in [0.1, 0.15) is 30.0 Å². The second kappa shape index (κ2) is 6.39. The number of hydrogen-bond acceptors (Lipinski definition) is 3. The molecule has 1 aliphatic rings. The summed E-state index contributed by atoms with van der Waals surface area (Å²) in [6.07, 6.45) is 2.48. The van der Waals surface area contributed by atoms with Crippen LogP contribution < -0.4 is 5.32 Å². The predicted octanol–water partition coefficient (Wildman–Crippen LogP) is 4.38. The van der Waals surface area contributed by atoms with Crippen LogP contribution in [0.4, 0.5) is 0 Å². The number of hydrogen-bond donors (Lipinski definition) is 1. The van der Waals surface area contributed by atoms with Gasteiger partial charge in [-0.05, 0) is 24.3 Å². The first-order valence-corrected chi connectivity index (χ1v) is 8.19. The van der Waals surface area contributed by atoms with Crippen molar-refractivity contribution in [1.29, 1.82) is 0 Å². The summed E-state index contributed by atoms with van der Waals surface area (Å²) in [6.45, 7) is 0.754. The molecule has 0 spiro atoms. The maximum absolute atomic E-state index is 5.46. The molecule has 23 heavy (non-hydrogen) atoms. The van der Waals surface area contributed by atoms with Gasteiger partial charge in [0.05, 0.1) is 5.69 Å². The van der Waals surface area contributed by atoms with Crippen LogP contribution in [0, 0.1) is 0 Å². The van der Waals surface area contributed by atoms with Gasteiger partial charge in [0.1, 0.15) is 0 Å². The smallest absolute Gasteiger partial charge is 0.167 e. The molecule has 3 heteroatoms. The predicted molar refractivity (Wildman–Crippen MR) is 91.0 cm³/mol. The maximum atomic E-state index is 5.46. The fraction of sp³-hybridized carbons (Fsp3) is 0.250. The van der Waals surface area contributed by atoms with E-state index in [0.717, 1.165) is 23.6 Å². The first-order valence-electron chi connectivity index (χ1n) is 8.19. The summed E-state index contributed by atoms with van der Waals surface area (Å²) < 4.78 is 5.46. The van der Waals surface area contributed by atoms with Crippen LogP contribution >= 0.6 is 0 Å². The highest BCUT2D eigenvalue weighted by Gasteiger charge is 2.31.